The van der Waals surface area contributed by atoms with Gasteiger partial charge in [0.2, 0.25) is 10.0 Å². The molecule has 0 spiro atoms. The molecule has 0 aromatic carbocycles. The normalized spacial score (nSPS) is 16.8. The molecule has 1 aliphatic rings. The summed E-state index contributed by atoms with van der Waals surface area (Å²) in [6, 6.07) is 0. The molecule has 0 radical (unpaired) electrons. The smallest absolute Gasteiger partial charge is 0.211 e. The Morgan fingerprint density at radius 2 is 1.88 bits per heavy atom. The summed E-state index contributed by atoms with van der Waals surface area (Å²) in [5, 5.41) is 6.45. The molecule has 1 aliphatic heterocycles. The molecule has 1 heterocycles. The first-order chi connectivity index (χ1) is 12.5. The first-order valence-corrected chi connectivity index (χ1v) is 11.4. The number of nitrogens with zero attached hydrogens (tertiary/aromatic N) is 2. The molecule has 0 unspecified atom stereocenters. The average Bonchev–Trinajstić information content (AvgIpc) is 2.62. The molecule has 1 rings (SSSR count). The maximum Gasteiger partial charge on any atom is 0.211 e. The zero-order valence-electron chi connectivity index (χ0n) is 16.5. The van der Waals surface area contributed by atoms with Crippen molar-refractivity contribution < 1.29 is 17.9 Å². The van der Waals surface area contributed by atoms with Crippen LogP contribution in [0.15, 0.2) is 4.99 Å². The van der Waals surface area contributed by atoms with Gasteiger partial charge in [-0.3, -0.25) is 4.99 Å². The molecular formula is C17H36N4O4S. The second-order valence-electron chi connectivity index (χ2n) is 6.52. The van der Waals surface area contributed by atoms with Crippen molar-refractivity contribution >= 4 is 16.0 Å². The highest BCUT2D eigenvalue weighted by molar-refractivity contribution is 7.88. The van der Waals surface area contributed by atoms with Gasteiger partial charge in [0.1, 0.15) is 0 Å². The van der Waals surface area contributed by atoms with E-state index in [2.05, 4.69) is 15.6 Å². The van der Waals surface area contributed by atoms with E-state index in [1.165, 1.54) is 10.6 Å². The number of hydrogen-bond donors (Lipinski definition) is 2. The lowest BCUT2D eigenvalue weighted by atomic mass is 10.0. The average molecular weight is 393 g/mol. The van der Waals surface area contributed by atoms with E-state index in [9.17, 15) is 8.42 Å². The van der Waals surface area contributed by atoms with Crippen LogP contribution in [0.25, 0.3) is 0 Å². The predicted octanol–water partition coefficient (Wildman–Crippen LogP) is 0.656. The van der Waals surface area contributed by atoms with Gasteiger partial charge in [0, 0.05) is 59.7 Å². The van der Waals surface area contributed by atoms with Crippen LogP contribution in [-0.4, -0.2) is 84.6 Å². The Hall–Kier alpha value is -0.900. The van der Waals surface area contributed by atoms with E-state index in [0.29, 0.717) is 25.6 Å². The zero-order valence-corrected chi connectivity index (χ0v) is 17.3. The van der Waals surface area contributed by atoms with Crippen molar-refractivity contribution in [1.82, 2.24) is 14.9 Å². The fraction of sp³-hybridized carbons (Fsp3) is 0.941. The van der Waals surface area contributed by atoms with E-state index in [-0.39, 0.29) is 0 Å². The van der Waals surface area contributed by atoms with Crippen molar-refractivity contribution in [2.24, 2.45) is 10.9 Å². The van der Waals surface area contributed by atoms with Gasteiger partial charge in [0.15, 0.2) is 5.96 Å². The molecule has 2 N–H and O–H groups in total. The molecule has 0 bridgehead atoms. The number of nitrogens with one attached hydrogen (secondary N) is 2. The Morgan fingerprint density at radius 3 is 2.46 bits per heavy atom. The second kappa shape index (κ2) is 13.3. The van der Waals surface area contributed by atoms with Crippen molar-refractivity contribution in [3.05, 3.63) is 0 Å². The number of ether oxygens (including phenoxy) is 2. The van der Waals surface area contributed by atoms with E-state index in [4.69, 9.17) is 9.47 Å². The molecule has 0 aliphatic carbocycles. The van der Waals surface area contributed by atoms with Crippen LogP contribution < -0.4 is 10.6 Å². The lowest BCUT2D eigenvalue weighted by Crippen LogP contribution is -2.40. The summed E-state index contributed by atoms with van der Waals surface area (Å²) >= 11 is 0. The minimum absolute atomic E-state index is 0.500. The monoisotopic (exact) mass is 392 g/mol. The maximum atomic E-state index is 11.5. The molecule has 26 heavy (non-hydrogen) atoms. The first kappa shape index (κ1) is 23.1. The summed E-state index contributed by atoms with van der Waals surface area (Å²) in [6.45, 7) is 7.60. The summed E-state index contributed by atoms with van der Waals surface area (Å²) < 4.78 is 35.6. The van der Waals surface area contributed by atoms with Crippen LogP contribution >= 0.6 is 0 Å². The number of sulfonamides is 1. The van der Waals surface area contributed by atoms with Gasteiger partial charge < -0.3 is 20.1 Å². The maximum absolute atomic E-state index is 11.5. The second-order valence-corrected chi connectivity index (χ2v) is 8.50. The quantitative estimate of drug-likeness (QED) is 0.288. The van der Waals surface area contributed by atoms with Crippen LogP contribution in [0.5, 0.6) is 0 Å². The lowest BCUT2D eigenvalue weighted by molar-refractivity contribution is 0.0203. The van der Waals surface area contributed by atoms with E-state index in [1.54, 1.807) is 7.05 Å². The summed E-state index contributed by atoms with van der Waals surface area (Å²) in [5.41, 5.74) is 0. The van der Waals surface area contributed by atoms with E-state index in [0.717, 1.165) is 64.6 Å². The summed E-state index contributed by atoms with van der Waals surface area (Å²) in [5.74, 6) is 1.37. The molecule has 154 valence electrons. The Balaban J connectivity index is 2.04. The largest absolute Gasteiger partial charge is 0.381 e. The van der Waals surface area contributed by atoms with Crippen LogP contribution in [0.3, 0.4) is 0 Å². The highest BCUT2D eigenvalue weighted by atomic mass is 32.2. The van der Waals surface area contributed by atoms with Crippen molar-refractivity contribution in [3.8, 4) is 0 Å². The number of rotatable bonds is 12. The van der Waals surface area contributed by atoms with E-state index >= 15 is 0 Å². The van der Waals surface area contributed by atoms with Crippen LogP contribution in [0.2, 0.25) is 0 Å². The van der Waals surface area contributed by atoms with Crippen molar-refractivity contribution in [2.75, 3.05) is 65.9 Å². The number of aliphatic imine (C=N–C) groups is 1. The van der Waals surface area contributed by atoms with Gasteiger partial charge in [-0.05, 0) is 31.6 Å². The topological polar surface area (TPSA) is 92.3 Å². The summed E-state index contributed by atoms with van der Waals surface area (Å²) in [6.07, 6.45) is 5.10. The third-order valence-electron chi connectivity index (χ3n) is 4.37. The third kappa shape index (κ3) is 10.3. The lowest BCUT2D eigenvalue weighted by Gasteiger charge is -2.21. The Labute approximate surface area is 158 Å². The SMILES string of the molecule is CCN(CCCNC(=NC)NCCCOCC1CCOCC1)S(C)(=O)=O. The summed E-state index contributed by atoms with van der Waals surface area (Å²) in [7, 11) is -1.39. The van der Waals surface area contributed by atoms with E-state index < -0.39 is 10.0 Å². The van der Waals surface area contributed by atoms with Gasteiger partial charge in [-0.25, -0.2) is 12.7 Å². The Bertz CT molecular complexity index is 493. The van der Waals surface area contributed by atoms with Crippen LogP contribution in [0, 0.1) is 5.92 Å². The molecule has 1 saturated heterocycles. The van der Waals surface area contributed by atoms with Gasteiger partial charge in [0.25, 0.3) is 0 Å². The highest BCUT2D eigenvalue weighted by Gasteiger charge is 2.14. The molecule has 0 atom stereocenters. The molecule has 8 nitrogen and oxygen atoms in total. The van der Waals surface area contributed by atoms with Gasteiger partial charge >= 0.3 is 0 Å². The number of hydrogen-bond acceptors (Lipinski definition) is 5. The standard InChI is InChI=1S/C17H36N4O4S/c1-4-21(26(3,22)23)11-5-9-19-17(18-2)20-10-6-12-25-15-16-7-13-24-14-8-16/h16H,4-15H2,1-3H3,(H2,18,19,20). The first-order valence-electron chi connectivity index (χ1n) is 9.52. The highest BCUT2D eigenvalue weighted by Crippen LogP contribution is 2.14. The Kier molecular flexibility index (Phi) is 11.8. The molecule has 0 saturated carbocycles. The van der Waals surface area contributed by atoms with Crippen molar-refractivity contribution in [1.29, 1.82) is 0 Å². The van der Waals surface area contributed by atoms with Crippen molar-refractivity contribution in [3.63, 3.8) is 0 Å². The molecular weight excluding hydrogens is 356 g/mol. The predicted molar refractivity (Wildman–Crippen MR) is 105 cm³/mol. The van der Waals surface area contributed by atoms with Gasteiger partial charge in [0.05, 0.1) is 6.26 Å². The molecule has 0 amide bonds. The third-order valence-corrected chi connectivity index (χ3v) is 5.75. The Morgan fingerprint density at radius 1 is 1.23 bits per heavy atom. The summed E-state index contributed by atoms with van der Waals surface area (Å²) in [4.78, 5) is 4.17. The zero-order chi connectivity index (χ0) is 19.3. The minimum Gasteiger partial charge on any atom is -0.381 e. The van der Waals surface area contributed by atoms with Gasteiger partial charge in [-0.15, -0.1) is 0 Å². The number of guanidine groups is 1. The van der Waals surface area contributed by atoms with Gasteiger partial charge in [-0.1, -0.05) is 6.92 Å². The van der Waals surface area contributed by atoms with Crippen LogP contribution in [0.1, 0.15) is 32.6 Å². The molecule has 1 fully saturated rings. The van der Waals surface area contributed by atoms with Gasteiger partial charge in [-0.2, -0.15) is 0 Å². The minimum atomic E-state index is -3.11. The fourth-order valence-electron chi connectivity index (χ4n) is 2.79. The van der Waals surface area contributed by atoms with E-state index in [1.807, 2.05) is 6.92 Å². The molecule has 9 heteroatoms. The van der Waals surface area contributed by atoms with Crippen LogP contribution in [0.4, 0.5) is 0 Å². The van der Waals surface area contributed by atoms with Crippen molar-refractivity contribution in [2.45, 2.75) is 32.6 Å². The van der Waals surface area contributed by atoms with Crippen LogP contribution in [-0.2, 0) is 19.5 Å². The fourth-order valence-corrected chi connectivity index (χ4v) is 3.72. The molecule has 0 aromatic heterocycles. The molecule has 0 aromatic rings.